The predicted molar refractivity (Wildman–Crippen MR) is 73.7 cm³/mol. The van der Waals surface area contributed by atoms with Gasteiger partial charge in [0, 0.05) is 12.0 Å². The topological polar surface area (TPSA) is 21.3 Å². The van der Waals surface area contributed by atoms with E-state index in [0.717, 1.165) is 0 Å². The average molecular weight is 253 g/mol. The standard InChI is InChI=1S/C14H23NOS/c1-11-12(7-10-17-11)13(15-2)14(16-3)8-5-4-6-9-14/h7,10,13,15H,4-6,8-9H2,1-3H3. The van der Waals surface area contributed by atoms with Gasteiger partial charge in [-0.25, -0.2) is 0 Å². The summed E-state index contributed by atoms with van der Waals surface area (Å²) >= 11 is 1.83. The molecule has 1 saturated carbocycles. The number of thiophene rings is 1. The second-order valence-corrected chi connectivity index (χ2v) is 6.10. The molecule has 1 unspecified atom stereocenters. The van der Waals surface area contributed by atoms with Crippen LogP contribution in [0.25, 0.3) is 0 Å². The Hall–Kier alpha value is -0.380. The summed E-state index contributed by atoms with van der Waals surface area (Å²) in [5, 5.41) is 5.67. The summed E-state index contributed by atoms with van der Waals surface area (Å²) in [6.45, 7) is 2.20. The molecule has 2 nitrogen and oxygen atoms in total. The SMILES string of the molecule is CNC(c1ccsc1C)C1(OC)CCCCC1. The Bertz CT molecular complexity index is 355. The lowest BCUT2D eigenvalue weighted by Gasteiger charge is -2.42. The molecule has 1 N–H and O–H groups in total. The first-order chi connectivity index (χ1) is 8.23. The van der Waals surface area contributed by atoms with E-state index >= 15 is 0 Å². The van der Waals surface area contributed by atoms with E-state index in [4.69, 9.17) is 4.74 Å². The highest BCUT2D eigenvalue weighted by atomic mass is 32.1. The van der Waals surface area contributed by atoms with Crippen LogP contribution in [0, 0.1) is 6.92 Å². The zero-order chi connectivity index (χ0) is 12.3. The molecule has 1 aromatic rings. The zero-order valence-electron chi connectivity index (χ0n) is 11.1. The Morgan fingerprint density at radius 1 is 1.35 bits per heavy atom. The zero-order valence-corrected chi connectivity index (χ0v) is 11.9. The highest BCUT2D eigenvalue weighted by Gasteiger charge is 2.40. The lowest BCUT2D eigenvalue weighted by molar-refractivity contribution is -0.0671. The minimum Gasteiger partial charge on any atom is -0.376 e. The molecule has 0 aromatic carbocycles. The van der Waals surface area contributed by atoms with Crippen LogP contribution in [0.1, 0.15) is 48.6 Å². The predicted octanol–water partition coefficient (Wildman–Crippen LogP) is 3.67. The van der Waals surface area contributed by atoms with Crippen LogP contribution in [-0.2, 0) is 4.74 Å². The van der Waals surface area contributed by atoms with Crippen molar-refractivity contribution >= 4 is 11.3 Å². The van der Waals surface area contributed by atoms with E-state index < -0.39 is 0 Å². The number of likely N-dealkylation sites (N-methyl/N-ethyl adjacent to an activating group) is 1. The molecule has 96 valence electrons. The first kappa shape index (κ1) is 13.1. The minimum absolute atomic E-state index is 0.00116. The molecule has 0 saturated heterocycles. The van der Waals surface area contributed by atoms with E-state index in [9.17, 15) is 0 Å². The quantitative estimate of drug-likeness (QED) is 0.884. The van der Waals surface area contributed by atoms with Gasteiger partial charge in [0.05, 0.1) is 11.6 Å². The first-order valence-electron chi connectivity index (χ1n) is 6.50. The van der Waals surface area contributed by atoms with Gasteiger partial charge < -0.3 is 10.1 Å². The van der Waals surface area contributed by atoms with Crippen LogP contribution in [0.4, 0.5) is 0 Å². The summed E-state index contributed by atoms with van der Waals surface area (Å²) in [5.74, 6) is 0. The van der Waals surface area contributed by atoms with Gasteiger partial charge in [-0.15, -0.1) is 11.3 Å². The van der Waals surface area contributed by atoms with E-state index in [-0.39, 0.29) is 5.60 Å². The Balaban J connectivity index is 2.29. The molecule has 1 aromatic heterocycles. The minimum atomic E-state index is -0.00116. The molecule has 0 spiro atoms. The van der Waals surface area contributed by atoms with E-state index in [1.54, 1.807) is 0 Å². The molecular formula is C14H23NOS. The smallest absolute Gasteiger partial charge is 0.0872 e. The van der Waals surface area contributed by atoms with Gasteiger partial charge >= 0.3 is 0 Å². The summed E-state index contributed by atoms with van der Waals surface area (Å²) in [7, 11) is 3.93. The van der Waals surface area contributed by atoms with Crippen LogP contribution in [0.15, 0.2) is 11.4 Å². The van der Waals surface area contributed by atoms with Gasteiger partial charge in [-0.3, -0.25) is 0 Å². The molecule has 0 radical (unpaired) electrons. The van der Waals surface area contributed by atoms with Gasteiger partial charge in [0.1, 0.15) is 0 Å². The largest absolute Gasteiger partial charge is 0.376 e. The molecule has 17 heavy (non-hydrogen) atoms. The third-order valence-electron chi connectivity index (χ3n) is 4.13. The normalized spacial score (nSPS) is 21.4. The van der Waals surface area contributed by atoms with Crippen molar-refractivity contribution in [3.63, 3.8) is 0 Å². The fourth-order valence-corrected chi connectivity index (χ4v) is 3.90. The van der Waals surface area contributed by atoms with Crippen molar-refractivity contribution in [2.75, 3.05) is 14.2 Å². The number of hydrogen-bond donors (Lipinski definition) is 1. The molecule has 1 fully saturated rings. The van der Waals surface area contributed by atoms with Crippen LogP contribution in [-0.4, -0.2) is 19.8 Å². The number of rotatable bonds is 4. The van der Waals surface area contributed by atoms with Crippen molar-refractivity contribution in [1.82, 2.24) is 5.32 Å². The van der Waals surface area contributed by atoms with Crippen LogP contribution < -0.4 is 5.32 Å². The highest BCUT2D eigenvalue weighted by molar-refractivity contribution is 7.10. The van der Waals surface area contributed by atoms with Crippen molar-refractivity contribution in [2.45, 2.75) is 50.7 Å². The molecule has 0 bridgehead atoms. The number of nitrogens with one attached hydrogen (secondary N) is 1. The van der Waals surface area contributed by atoms with Crippen LogP contribution in [0.2, 0.25) is 0 Å². The second kappa shape index (κ2) is 5.51. The summed E-state index contributed by atoms with van der Waals surface area (Å²) in [5.41, 5.74) is 1.42. The number of ether oxygens (including phenoxy) is 1. The average Bonchev–Trinajstić information content (AvgIpc) is 2.78. The first-order valence-corrected chi connectivity index (χ1v) is 7.38. The Labute approximate surface area is 108 Å². The molecule has 0 amide bonds. The second-order valence-electron chi connectivity index (χ2n) is 4.98. The van der Waals surface area contributed by atoms with E-state index in [2.05, 4.69) is 30.7 Å². The fraction of sp³-hybridized carbons (Fsp3) is 0.714. The summed E-state index contributed by atoms with van der Waals surface area (Å²) in [4.78, 5) is 1.41. The van der Waals surface area contributed by atoms with Gasteiger partial charge in [0.2, 0.25) is 0 Å². The van der Waals surface area contributed by atoms with Crippen molar-refractivity contribution in [2.24, 2.45) is 0 Å². The molecule has 3 heteroatoms. The molecule has 1 aliphatic rings. The molecular weight excluding hydrogens is 230 g/mol. The number of hydrogen-bond acceptors (Lipinski definition) is 3. The van der Waals surface area contributed by atoms with Crippen LogP contribution >= 0.6 is 11.3 Å². The molecule has 1 aliphatic carbocycles. The fourth-order valence-electron chi connectivity index (χ4n) is 3.16. The molecule has 1 heterocycles. The maximum Gasteiger partial charge on any atom is 0.0872 e. The monoisotopic (exact) mass is 253 g/mol. The van der Waals surface area contributed by atoms with E-state index in [1.807, 2.05) is 18.4 Å². The Morgan fingerprint density at radius 2 is 2.06 bits per heavy atom. The van der Waals surface area contributed by atoms with E-state index in [1.165, 1.54) is 42.5 Å². The Kier molecular flexibility index (Phi) is 4.23. The third-order valence-corrected chi connectivity index (χ3v) is 4.99. The maximum atomic E-state index is 5.95. The highest BCUT2D eigenvalue weighted by Crippen LogP contribution is 2.42. The van der Waals surface area contributed by atoms with Crippen molar-refractivity contribution in [1.29, 1.82) is 0 Å². The van der Waals surface area contributed by atoms with Gasteiger partial charge in [0.15, 0.2) is 0 Å². The summed E-state index contributed by atoms with van der Waals surface area (Å²) < 4.78 is 5.95. The lowest BCUT2D eigenvalue weighted by atomic mass is 9.76. The van der Waals surface area contributed by atoms with Crippen molar-refractivity contribution < 1.29 is 4.74 Å². The summed E-state index contributed by atoms with van der Waals surface area (Å²) in [6, 6.07) is 2.58. The van der Waals surface area contributed by atoms with E-state index in [0.29, 0.717) is 6.04 Å². The summed E-state index contributed by atoms with van der Waals surface area (Å²) in [6.07, 6.45) is 6.27. The van der Waals surface area contributed by atoms with Crippen molar-refractivity contribution in [3.05, 3.63) is 21.9 Å². The van der Waals surface area contributed by atoms with Gasteiger partial charge in [-0.1, -0.05) is 19.3 Å². The van der Waals surface area contributed by atoms with Crippen LogP contribution in [0.3, 0.4) is 0 Å². The Morgan fingerprint density at radius 3 is 2.53 bits per heavy atom. The molecule has 2 rings (SSSR count). The molecule has 1 atom stereocenters. The molecule has 0 aliphatic heterocycles. The third kappa shape index (κ3) is 2.42. The lowest BCUT2D eigenvalue weighted by Crippen LogP contribution is -2.46. The number of aryl methyl sites for hydroxylation is 1. The maximum absolute atomic E-state index is 5.95. The van der Waals surface area contributed by atoms with Gasteiger partial charge in [0.25, 0.3) is 0 Å². The van der Waals surface area contributed by atoms with Crippen molar-refractivity contribution in [3.8, 4) is 0 Å². The van der Waals surface area contributed by atoms with Gasteiger partial charge in [-0.2, -0.15) is 0 Å². The number of methoxy groups -OCH3 is 1. The van der Waals surface area contributed by atoms with Gasteiger partial charge in [-0.05, 0) is 43.8 Å². The van der Waals surface area contributed by atoms with Crippen LogP contribution in [0.5, 0.6) is 0 Å².